The molecule has 0 fully saturated rings. The Morgan fingerprint density at radius 2 is 1.94 bits per heavy atom. The lowest BCUT2D eigenvalue weighted by Crippen LogP contribution is -2.05. The van der Waals surface area contributed by atoms with E-state index in [1.54, 1.807) is 0 Å². The summed E-state index contributed by atoms with van der Waals surface area (Å²) >= 11 is 0. The third kappa shape index (κ3) is 3.45. The first kappa shape index (κ1) is 11.9. The number of hydrogen-bond acceptors (Lipinski definition) is 2. The first-order valence-corrected chi connectivity index (χ1v) is 6.25. The van der Waals surface area contributed by atoms with Crippen molar-refractivity contribution in [2.75, 3.05) is 6.61 Å². The van der Waals surface area contributed by atoms with Crippen molar-refractivity contribution >= 4 is 11.4 Å². The summed E-state index contributed by atoms with van der Waals surface area (Å²) in [5.74, 6) is 1.07. The fourth-order valence-corrected chi connectivity index (χ4v) is 1.95. The standard InChI is InChI=1S/C15H19NO/c1-3-17-15-6-4-5-14(11-15)16-13-9-7-12(2)8-10-13/h7-11H,3-6H2,1-2H3/b16-14+. The van der Waals surface area contributed by atoms with Crippen LogP contribution in [0, 0.1) is 6.92 Å². The topological polar surface area (TPSA) is 21.6 Å². The zero-order valence-corrected chi connectivity index (χ0v) is 10.6. The first-order chi connectivity index (χ1) is 8.28. The lowest BCUT2D eigenvalue weighted by atomic mass is 10.0. The second kappa shape index (κ2) is 5.67. The Kier molecular flexibility index (Phi) is 3.97. The summed E-state index contributed by atoms with van der Waals surface area (Å²) in [6.07, 6.45) is 5.31. The van der Waals surface area contributed by atoms with Crippen LogP contribution in [0.3, 0.4) is 0 Å². The summed E-state index contributed by atoms with van der Waals surface area (Å²) < 4.78 is 5.55. The molecule has 2 nitrogen and oxygen atoms in total. The lowest BCUT2D eigenvalue weighted by molar-refractivity contribution is 0.216. The Hall–Kier alpha value is -1.57. The van der Waals surface area contributed by atoms with Crippen LogP contribution in [0.1, 0.15) is 31.7 Å². The van der Waals surface area contributed by atoms with Crippen LogP contribution in [0.15, 0.2) is 41.1 Å². The highest BCUT2D eigenvalue weighted by atomic mass is 16.5. The summed E-state index contributed by atoms with van der Waals surface area (Å²) in [5.41, 5.74) is 3.42. The molecule has 90 valence electrons. The number of benzene rings is 1. The molecule has 17 heavy (non-hydrogen) atoms. The molecule has 0 aliphatic heterocycles. The molecule has 0 bridgehead atoms. The van der Waals surface area contributed by atoms with Gasteiger partial charge >= 0.3 is 0 Å². The van der Waals surface area contributed by atoms with Crippen LogP contribution in [0.5, 0.6) is 0 Å². The lowest BCUT2D eigenvalue weighted by Gasteiger charge is -2.14. The minimum Gasteiger partial charge on any atom is -0.498 e. The van der Waals surface area contributed by atoms with Gasteiger partial charge in [-0.05, 0) is 44.9 Å². The third-order valence-electron chi connectivity index (χ3n) is 2.82. The van der Waals surface area contributed by atoms with Crippen molar-refractivity contribution in [3.8, 4) is 0 Å². The van der Waals surface area contributed by atoms with Crippen molar-refractivity contribution in [2.45, 2.75) is 33.1 Å². The number of allylic oxidation sites excluding steroid dienone is 2. The number of nitrogens with zero attached hydrogens (tertiary/aromatic N) is 1. The van der Waals surface area contributed by atoms with E-state index >= 15 is 0 Å². The highest BCUT2D eigenvalue weighted by molar-refractivity contribution is 5.97. The maximum Gasteiger partial charge on any atom is 0.0977 e. The van der Waals surface area contributed by atoms with Gasteiger partial charge < -0.3 is 4.74 Å². The van der Waals surface area contributed by atoms with Gasteiger partial charge in [-0.25, -0.2) is 0 Å². The summed E-state index contributed by atoms with van der Waals surface area (Å²) in [6, 6.07) is 8.31. The minimum atomic E-state index is 0.740. The second-order valence-corrected chi connectivity index (χ2v) is 4.34. The molecule has 0 heterocycles. The number of ether oxygens (including phenoxy) is 1. The predicted molar refractivity (Wildman–Crippen MR) is 71.8 cm³/mol. The number of hydrogen-bond donors (Lipinski definition) is 0. The van der Waals surface area contributed by atoms with E-state index in [1.165, 1.54) is 5.56 Å². The molecular weight excluding hydrogens is 210 g/mol. The van der Waals surface area contributed by atoms with Gasteiger partial charge in [-0.3, -0.25) is 4.99 Å². The van der Waals surface area contributed by atoms with Gasteiger partial charge in [0.1, 0.15) is 0 Å². The van der Waals surface area contributed by atoms with E-state index in [-0.39, 0.29) is 0 Å². The van der Waals surface area contributed by atoms with E-state index < -0.39 is 0 Å². The summed E-state index contributed by atoms with van der Waals surface area (Å²) in [5, 5.41) is 0. The average Bonchev–Trinajstić information content (AvgIpc) is 2.33. The maximum absolute atomic E-state index is 5.55. The molecule has 0 N–H and O–H groups in total. The van der Waals surface area contributed by atoms with E-state index in [9.17, 15) is 0 Å². The van der Waals surface area contributed by atoms with E-state index in [1.807, 2.05) is 6.92 Å². The zero-order valence-electron chi connectivity index (χ0n) is 10.6. The van der Waals surface area contributed by atoms with Crippen molar-refractivity contribution in [3.05, 3.63) is 41.7 Å². The molecule has 0 unspecified atom stereocenters. The molecule has 2 rings (SSSR count). The molecule has 0 radical (unpaired) electrons. The molecule has 0 saturated heterocycles. The maximum atomic E-state index is 5.55. The van der Waals surface area contributed by atoms with E-state index in [0.717, 1.165) is 43.0 Å². The number of rotatable bonds is 3. The molecule has 0 aromatic heterocycles. The number of aliphatic imine (C=N–C) groups is 1. The van der Waals surface area contributed by atoms with Crippen LogP contribution in [0.2, 0.25) is 0 Å². The summed E-state index contributed by atoms with van der Waals surface area (Å²) in [7, 11) is 0. The van der Waals surface area contributed by atoms with Crippen molar-refractivity contribution < 1.29 is 4.74 Å². The van der Waals surface area contributed by atoms with Gasteiger partial charge in [-0.15, -0.1) is 0 Å². The summed E-state index contributed by atoms with van der Waals surface area (Å²) in [6.45, 7) is 4.85. The van der Waals surface area contributed by atoms with Crippen LogP contribution in [-0.4, -0.2) is 12.3 Å². The van der Waals surface area contributed by atoms with Gasteiger partial charge in [0.05, 0.1) is 18.1 Å². The molecule has 1 aliphatic rings. The Balaban J connectivity index is 2.15. The molecule has 1 aliphatic carbocycles. The Labute approximate surface area is 103 Å². The normalized spacial score (nSPS) is 18.0. The van der Waals surface area contributed by atoms with E-state index in [4.69, 9.17) is 4.74 Å². The highest BCUT2D eigenvalue weighted by Gasteiger charge is 2.09. The molecule has 1 aromatic carbocycles. The fourth-order valence-electron chi connectivity index (χ4n) is 1.95. The van der Waals surface area contributed by atoms with Crippen LogP contribution < -0.4 is 0 Å². The summed E-state index contributed by atoms with van der Waals surface area (Å²) in [4.78, 5) is 4.65. The van der Waals surface area contributed by atoms with Gasteiger partial charge in [0.25, 0.3) is 0 Å². The zero-order chi connectivity index (χ0) is 12.1. The van der Waals surface area contributed by atoms with Gasteiger partial charge in [-0.2, -0.15) is 0 Å². The highest BCUT2D eigenvalue weighted by Crippen LogP contribution is 2.20. The van der Waals surface area contributed by atoms with Crippen molar-refractivity contribution in [1.29, 1.82) is 0 Å². The van der Waals surface area contributed by atoms with Crippen molar-refractivity contribution in [3.63, 3.8) is 0 Å². The second-order valence-electron chi connectivity index (χ2n) is 4.34. The Morgan fingerprint density at radius 1 is 1.18 bits per heavy atom. The van der Waals surface area contributed by atoms with Gasteiger partial charge in [-0.1, -0.05) is 17.7 Å². The van der Waals surface area contributed by atoms with E-state index in [0.29, 0.717) is 0 Å². The van der Waals surface area contributed by atoms with Crippen molar-refractivity contribution in [1.82, 2.24) is 0 Å². The Bertz CT molecular complexity index is 429. The number of aryl methyl sites for hydroxylation is 1. The van der Waals surface area contributed by atoms with Crippen LogP contribution in [0.25, 0.3) is 0 Å². The smallest absolute Gasteiger partial charge is 0.0977 e. The third-order valence-corrected chi connectivity index (χ3v) is 2.82. The van der Waals surface area contributed by atoms with Gasteiger partial charge in [0.2, 0.25) is 0 Å². The van der Waals surface area contributed by atoms with Gasteiger partial charge in [0.15, 0.2) is 0 Å². The SMILES string of the molecule is CCOC1=C/C(=N/c2ccc(C)cc2)CCC1. The first-order valence-electron chi connectivity index (χ1n) is 6.25. The molecule has 1 aromatic rings. The fraction of sp³-hybridized carbons (Fsp3) is 0.400. The molecule has 2 heteroatoms. The Morgan fingerprint density at radius 3 is 2.65 bits per heavy atom. The van der Waals surface area contributed by atoms with Crippen LogP contribution in [0.4, 0.5) is 5.69 Å². The van der Waals surface area contributed by atoms with Crippen LogP contribution >= 0.6 is 0 Å². The van der Waals surface area contributed by atoms with Crippen molar-refractivity contribution in [2.24, 2.45) is 4.99 Å². The predicted octanol–water partition coefficient (Wildman–Crippen LogP) is 4.17. The van der Waals surface area contributed by atoms with Gasteiger partial charge in [0, 0.05) is 12.1 Å². The van der Waals surface area contributed by atoms with Crippen LogP contribution in [-0.2, 0) is 4.74 Å². The van der Waals surface area contributed by atoms with E-state index in [2.05, 4.69) is 42.3 Å². The monoisotopic (exact) mass is 229 g/mol. The quantitative estimate of drug-likeness (QED) is 0.762. The largest absolute Gasteiger partial charge is 0.498 e. The molecule has 0 spiro atoms. The minimum absolute atomic E-state index is 0.740. The molecule has 0 saturated carbocycles. The molecular formula is C15H19NO. The average molecular weight is 229 g/mol. The molecule has 0 amide bonds. The molecule has 0 atom stereocenters.